The first-order valence-electron chi connectivity index (χ1n) is 4.91. The summed E-state index contributed by atoms with van der Waals surface area (Å²) in [7, 11) is 0. The van der Waals surface area contributed by atoms with Crippen molar-refractivity contribution in [2.45, 2.75) is 0 Å². The minimum Gasteiger partial charge on any atom is -0.378 e. The molecular weight excluding hydrogens is 249 g/mol. The molecule has 1 aromatic carbocycles. The summed E-state index contributed by atoms with van der Waals surface area (Å²) in [6.07, 6.45) is 0. The van der Waals surface area contributed by atoms with Crippen LogP contribution in [0.4, 0.5) is 0 Å². The number of alkyl halides is 1. The molecule has 0 atom stereocenters. The second-order valence-electron chi connectivity index (χ2n) is 3.06. The van der Waals surface area contributed by atoms with Crippen LogP contribution in [0, 0.1) is 0 Å². The highest BCUT2D eigenvalue weighted by Gasteiger charge is 2.03. The van der Waals surface area contributed by atoms with Crippen LogP contribution < -0.4 is 5.32 Å². The van der Waals surface area contributed by atoms with Crippen molar-refractivity contribution in [3.63, 3.8) is 0 Å². The molecule has 0 saturated carbocycles. The summed E-state index contributed by atoms with van der Waals surface area (Å²) >= 11 is 11.1. The zero-order chi connectivity index (χ0) is 11.8. The lowest BCUT2D eigenvalue weighted by atomic mass is 10.2. The number of hydrogen-bond acceptors (Lipinski definition) is 2. The Kier molecular flexibility index (Phi) is 6.23. The van der Waals surface area contributed by atoms with Crippen LogP contribution in [0.1, 0.15) is 10.4 Å². The van der Waals surface area contributed by atoms with Crippen LogP contribution in [0.15, 0.2) is 24.3 Å². The van der Waals surface area contributed by atoms with Gasteiger partial charge in [0.1, 0.15) is 0 Å². The number of nitrogens with one attached hydrogen (secondary N) is 1. The molecule has 0 heterocycles. The van der Waals surface area contributed by atoms with E-state index in [9.17, 15) is 4.79 Å². The quantitative estimate of drug-likeness (QED) is 0.631. The Labute approximate surface area is 105 Å². The van der Waals surface area contributed by atoms with Gasteiger partial charge in [0.15, 0.2) is 0 Å². The van der Waals surface area contributed by atoms with Gasteiger partial charge in [-0.25, -0.2) is 0 Å². The van der Waals surface area contributed by atoms with Crippen LogP contribution in [0.25, 0.3) is 0 Å². The van der Waals surface area contributed by atoms with E-state index in [0.717, 1.165) is 0 Å². The maximum absolute atomic E-state index is 11.6. The Bertz CT molecular complexity index is 327. The first kappa shape index (κ1) is 13.3. The summed E-state index contributed by atoms with van der Waals surface area (Å²) in [5, 5.41) is 3.34. The van der Waals surface area contributed by atoms with Crippen molar-refractivity contribution in [3.05, 3.63) is 34.9 Å². The van der Waals surface area contributed by atoms with Crippen molar-refractivity contribution in [1.82, 2.24) is 5.32 Å². The lowest BCUT2D eigenvalue weighted by Gasteiger charge is -2.05. The average molecular weight is 262 g/mol. The van der Waals surface area contributed by atoms with Gasteiger partial charge in [-0.1, -0.05) is 11.6 Å². The lowest BCUT2D eigenvalue weighted by Crippen LogP contribution is -2.27. The molecule has 0 aromatic heterocycles. The molecule has 1 N–H and O–H groups in total. The van der Waals surface area contributed by atoms with Crippen LogP contribution in [-0.4, -0.2) is 31.5 Å². The minimum absolute atomic E-state index is 0.133. The number of ether oxygens (including phenoxy) is 1. The average Bonchev–Trinajstić information content (AvgIpc) is 2.29. The molecule has 3 nitrogen and oxygen atoms in total. The van der Waals surface area contributed by atoms with E-state index in [0.29, 0.717) is 36.2 Å². The van der Waals surface area contributed by atoms with Gasteiger partial charge < -0.3 is 10.1 Å². The van der Waals surface area contributed by atoms with Gasteiger partial charge in [-0.05, 0) is 24.3 Å². The number of benzene rings is 1. The van der Waals surface area contributed by atoms with E-state index >= 15 is 0 Å². The van der Waals surface area contributed by atoms with Gasteiger partial charge in [0.2, 0.25) is 0 Å². The van der Waals surface area contributed by atoms with Crippen molar-refractivity contribution in [2.24, 2.45) is 0 Å². The number of hydrogen-bond donors (Lipinski definition) is 1. The normalized spacial score (nSPS) is 10.1. The molecule has 0 fully saturated rings. The van der Waals surface area contributed by atoms with E-state index in [1.165, 1.54) is 0 Å². The Morgan fingerprint density at radius 1 is 1.25 bits per heavy atom. The summed E-state index contributed by atoms with van der Waals surface area (Å²) in [4.78, 5) is 11.6. The van der Waals surface area contributed by atoms with Crippen LogP contribution in [-0.2, 0) is 4.74 Å². The number of halogens is 2. The maximum Gasteiger partial charge on any atom is 0.251 e. The highest BCUT2D eigenvalue weighted by atomic mass is 35.5. The lowest BCUT2D eigenvalue weighted by molar-refractivity contribution is 0.0923. The first-order valence-corrected chi connectivity index (χ1v) is 5.83. The fraction of sp³-hybridized carbons (Fsp3) is 0.364. The standard InChI is InChI=1S/C11H13Cl2NO2/c12-5-7-16-8-6-14-11(15)9-1-3-10(13)4-2-9/h1-4H,5-8H2,(H,14,15). The van der Waals surface area contributed by atoms with Gasteiger partial charge in [0.25, 0.3) is 5.91 Å². The second kappa shape index (κ2) is 7.49. The molecule has 0 aliphatic rings. The molecule has 5 heteroatoms. The molecule has 0 unspecified atom stereocenters. The van der Waals surface area contributed by atoms with Crippen LogP contribution in [0.5, 0.6) is 0 Å². The number of carbonyl (C=O) groups excluding carboxylic acids is 1. The van der Waals surface area contributed by atoms with Crippen LogP contribution >= 0.6 is 23.2 Å². The highest BCUT2D eigenvalue weighted by Crippen LogP contribution is 2.09. The SMILES string of the molecule is O=C(NCCOCCCl)c1ccc(Cl)cc1. The van der Waals surface area contributed by atoms with Crippen molar-refractivity contribution >= 4 is 29.1 Å². The summed E-state index contributed by atoms with van der Waals surface area (Å²) < 4.78 is 5.12. The van der Waals surface area contributed by atoms with Crippen LogP contribution in [0.2, 0.25) is 5.02 Å². The zero-order valence-corrected chi connectivity index (χ0v) is 10.2. The van der Waals surface area contributed by atoms with E-state index < -0.39 is 0 Å². The Morgan fingerprint density at radius 2 is 1.94 bits per heavy atom. The third-order valence-corrected chi connectivity index (χ3v) is 2.27. The third kappa shape index (κ3) is 4.84. The fourth-order valence-corrected chi connectivity index (χ4v) is 1.33. The Balaban J connectivity index is 2.27. The molecule has 88 valence electrons. The molecule has 1 aromatic rings. The van der Waals surface area contributed by atoms with E-state index in [-0.39, 0.29) is 5.91 Å². The predicted octanol–water partition coefficient (Wildman–Crippen LogP) is 2.33. The van der Waals surface area contributed by atoms with Gasteiger partial charge in [0, 0.05) is 23.0 Å². The topological polar surface area (TPSA) is 38.3 Å². The Hall–Kier alpha value is -0.770. The van der Waals surface area contributed by atoms with Crippen molar-refractivity contribution in [1.29, 1.82) is 0 Å². The second-order valence-corrected chi connectivity index (χ2v) is 3.88. The monoisotopic (exact) mass is 261 g/mol. The molecule has 0 bridgehead atoms. The van der Waals surface area contributed by atoms with Gasteiger partial charge in [-0.2, -0.15) is 0 Å². The van der Waals surface area contributed by atoms with Crippen molar-refractivity contribution in [3.8, 4) is 0 Å². The van der Waals surface area contributed by atoms with Gasteiger partial charge >= 0.3 is 0 Å². The third-order valence-electron chi connectivity index (χ3n) is 1.86. The zero-order valence-electron chi connectivity index (χ0n) is 8.71. The summed E-state index contributed by atoms with van der Waals surface area (Å²) in [5.41, 5.74) is 0.585. The molecule has 0 spiro atoms. The molecule has 1 amide bonds. The van der Waals surface area contributed by atoms with Gasteiger partial charge in [-0.3, -0.25) is 4.79 Å². The first-order chi connectivity index (χ1) is 7.74. The molecule has 0 aliphatic carbocycles. The Morgan fingerprint density at radius 3 is 2.56 bits per heavy atom. The maximum atomic E-state index is 11.6. The fourth-order valence-electron chi connectivity index (χ4n) is 1.10. The number of carbonyl (C=O) groups is 1. The van der Waals surface area contributed by atoms with Gasteiger partial charge in [0.05, 0.1) is 13.2 Å². The molecule has 1 rings (SSSR count). The molecule has 0 aliphatic heterocycles. The predicted molar refractivity (Wildman–Crippen MR) is 65.3 cm³/mol. The number of rotatable bonds is 6. The molecule has 0 saturated heterocycles. The van der Waals surface area contributed by atoms with Crippen LogP contribution in [0.3, 0.4) is 0 Å². The molecular formula is C11H13Cl2NO2. The van der Waals surface area contributed by atoms with Crippen molar-refractivity contribution in [2.75, 3.05) is 25.6 Å². The smallest absolute Gasteiger partial charge is 0.251 e. The van der Waals surface area contributed by atoms with Gasteiger partial charge in [-0.15, -0.1) is 11.6 Å². The van der Waals surface area contributed by atoms with E-state index in [1.807, 2.05) is 0 Å². The van der Waals surface area contributed by atoms with Crippen molar-refractivity contribution < 1.29 is 9.53 Å². The minimum atomic E-state index is -0.133. The number of amides is 1. The van der Waals surface area contributed by atoms with E-state index in [2.05, 4.69) is 5.32 Å². The summed E-state index contributed by atoms with van der Waals surface area (Å²) in [6, 6.07) is 6.72. The molecule has 0 radical (unpaired) electrons. The van der Waals surface area contributed by atoms with E-state index in [4.69, 9.17) is 27.9 Å². The summed E-state index contributed by atoms with van der Waals surface area (Å²) in [6.45, 7) is 1.43. The molecule has 16 heavy (non-hydrogen) atoms. The summed E-state index contributed by atoms with van der Waals surface area (Å²) in [5.74, 6) is 0.330. The highest BCUT2D eigenvalue weighted by molar-refractivity contribution is 6.30. The van der Waals surface area contributed by atoms with E-state index in [1.54, 1.807) is 24.3 Å². The largest absolute Gasteiger partial charge is 0.378 e.